The molecule has 7 heteroatoms. The Kier molecular flexibility index (Phi) is 5.54. The van der Waals surface area contributed by atoms with E-state index in [1.807, 2.05) is 20.8 Å². The number of nitrogens with one attached hydrogen (secondary N) is 2. The zero-order chi connectivity index (χ0) is 15.2. The van der Waals surface area contributed by atoms with E-state index in [-0.39, 0.29) is 5.91 Å². The Morgan fingerprint density at radius 2 is 2.15 bits per heavy atom. The van der Waals surface area contributed by atoms with Crippen LogP contribution in [0.2, 0.25) is 0 Å². The number of rotatable bonds is 7. The largest absolute Gasteiger partial charge is 0.476 e. The summed E-state index contributed by atoms with van der Waals surface area (Å²) < 4.78 is 5.43. The molecule has 0 fully saturated rings. The molecule has 0 aliphatic heterocycles. The van der Waals surface area contributed by atoms with Crippen LogP contribution in [0.3, 0.4) is 0 Å². The van der Waals surface area contributed by atoms with Gasteiger partial charge in [0.2, 0.25) is 11.8 Å². The van der Waals surface area contributed by atoms with E-state index in [0.717, 1.165) is 6.42 Å². The summed E-state index contributed by atoms with van der Waals surface area (Å²) in [7, 11) is 1.61. The summed E-state index contributed by atoms with van der Waals surface area (Å²) in [5.41, 5.74) is 5.73. The number of carbonyl (C=O) groups is 1. The molecule has 0 saturated carbocycles. The Labute approximate surface area is 119 Å². The normalized spacial score (nSPS) is 11.0. The Morgan fingerprint density at radius 3 is 2.75 bits per heavy atom. The Hall–Kier alpha value is -2.05. The third-order valence-corrected chi connectivity index (χ3v) is 2.83. The predicted octanol–water partition coefficient (Wildman–Crippen LogP) is 1.03. The number of hydrogen-bond donors (Lipinski definition) is 3. The van der Waals surface area contributed by atoms with E-state index in [1.165, 1.54) is 6.33 Å². The molecule has 0 bridgehead atoms. The van der Waals surface area contributed by atoms with Crippen LogP contribution in [-0.2, 0) is 4.79 Å². The van der Waals surface area contributed by atoms with E-state index in [2.05, 4.69) is 20.6 Å². The van der Waals surface area contributed by atoms with Crippen LogP contribution < -0.4 is 21.1 Å². The molecule has 0 radical (unpaired) electrons. The van der Waals surface area contributed by atoms with Gasteiger partial charge in [-0.2, -0.15) is 4.98 Å². The monoisotopic (exact) mass is 281 g/mol. The minimum absolute atomic E-state index is 0.0555. The number of anilines is 2. The van der Waals surface area contributed by atoms with E-state index < -0.39 is 5.41 Å². The van der Waals surface area contributed by atoms with Gasteiger partial charge in [0.05, 0.1) is 12.0 Å². The zero-order valence-corrected chi connectivity index (χ0v) is 12.5. The summed E-state index contributed by atoms with van der Waals surface area (Å²) in [4.78, 5) is 19.8. The highest BCUT2D eigenvalue weighted by molar-refractivity contribution is 5.82. The molecular weight excluding hydrogens is 258 g/mol. The van der Waals surface area contributed by atoms with Gasteiger partial charge in [-0.25, -0.2) is 4.98 Å². The molecule has 20 heavy (non-hydrogen) atoms. The van der Waals surface area contributed by atoms with E-state index in [4.69, 9.17) is 10.5 Å². The highest BCUT2D eigenvalue weighted by Gasteiger charge is 2.26. The molecule has 0 aliphatic rings. The molecule has 112 valence electrons. The van der Waals surface area contributed by atoms with Gasteiger partial charge in [-0.1, -0.05) is 6.92 Å². The Bertz CT molecular complexity index is 462. The molecule has 1 aromatic rings. The van der Waals surface area contributed by atoms with Gasteiger partial charge in [-0.3, -0.25) is 4.79 Å². The van der Waals surface area contributed by atoms with Gasteiger partial charge in [-0.15, -0.1) is 0 Å². The third kappa shape index (κ3) is 3.97. The number of nitrogens with two attached hydrogens (primary N) is 1. The van der Waals surface area contributed by atoms with Gasteiger partial charge in [0, 0.05) is 13.6 Å². The molecule has 0 aliphatic carbocycles. The van der Waals surface area contributed by atoms with Gasteiger partial charge in [0.15, 0.2) is 5.82 Å². The lowest BCUT2D eigenvalue weighted by molar-refractivity contribution is -0.128. The van der Waals surface area contributed by atoms with Gasteiger partial charge in [-0.05, 0) is 20.3 Å². The van der Waals surface area contributed by atoms with Gasteiger partial charge < -0.3 is 21.1 Å². The summed E-state index contributed by atoms with van der Waals surface area (Å²) in [6.45, 7) is 6.63. The van der Waals surface area contributed by atoms with Crippen molar-refractivity contribution in [3.8, 4) is 5.88 Å². The van der Waals surface area contributed by atoms with Crippen molar-refractivity contribution in [1.82, 2.24) is 15.3 Å². The van der Waals surface area contributed by atoms with Gasteiger partial charge >= 0.3 is 0 Å². The third-order valence-electron chi connectivity index (χ3n) is 2.83. The van der Waals surface area contributed by atoms with Crippen LogP contribution in [0.15, 0.2) is 6.33 Å². The van der Waals surface area contributed by atoms with E-state index >= 15 is 0 Å². The van der Waals surface area contributed by atoms with Crippen molar-refractivity contribution in [3.63, 3.8) is 0 Å². The van der Waals surface area contributed by atoms with Crippen molar-refractivity contribution >= 4 is 17.4 Å². The topological polar surface area (TPSA) is 102 Å². The van der Waals surface area contributed by atoms with E-state index in [1.54, 1.807) is 7.05 Å². The molecule has 0 atom stereocenters. The zero-order valence-electron chi connectivity index (χ0n) is 12.5. The van der Waals surface area contributed by atoms with Crippen LogP contribution in [0.4, 0.5) is 11.5 Å². The second kappa shape index (κ2) is 6.93. The molecule has 0 aromatic carbocycles. The minimum Gasteiger partial charge on any atom is -0.476 e. The molecule has 0 unspecified atom stereocenters. The molecule has 7 nitrogen and oxygen atoms in total. The number of carbonyl (C=O) groups excluding carboxylic acids is 1. The molecular formula is C13H23N5O2. The number of ether oxygens (including phenoxy) is 1. The van der Waals surface area contributed by atoms with Crippen LogP contribution in [0.5, 0.6) is 5.88 Å². The summed E-state index contributed by atoms with van der Waals surface area (Å²) >= 11 is 0. The maximum atomic E-state index is 11.7. The maximum Gasteiger partial charge on any atom is 0.242 e. The fourth-order valence-electron chi connectivity index (χ4n) is 1.56. The lowest BCUT2D eigenvalue weighted by Gasteiger charge is -2.23. The summed E-state index contributed by atoms with van der Waals surface area (Å²) in [6.07, 6.45) is 2.26. The van der Waals surface area contributed by atoms with Gasteiger partial charge in [0.25, 0.3) is 0 Å². The molecule has 0 spiro atoms. The van der Waals surface area contributed by atoms with E-state index in [9.17, 15) is 4.79 Å². The highest BCUT2D eigenvalue weighted by atomic mass is 16.5. The van der Waals surface area contributed by atoms with Crippen LogP contribution in [0, 0.1) is 5.41 Å². The van der Waals surface area contributed by atoms with Crippen molar-refractivity contribution in [2.75, 3.05) is 31.2 Å². The lowest BCUT2D eigenvalue weighted by Crippen LogP contribution is -2.39. The maximum absolute atomic E-state index is 11.7. The molecule has 1 amide bonds. The van der Waals surface area contributed by atoms with Crippen molar-refractivity contribution in [3.05, 3.63) is 6.33 Å². The van der Waals surface area contributed by atoms with Gasteiger partial charge in [0.1, 0.15) is 12.0 Å². The van der Waals surface area contributed by atoms with Crippen molar-refractivity contribution < 1.29 is 9.53 Å². The average molecular weight is 281 g/mol. The summed E-state index contributed by atoms with van der Waals surface area (Å²) in [5.74, 6) is 0.783. The molecule has 4 N–H and O–H groups in total. The van der Waals surface area contributed by atoms with Crippen molar-refractivity contribution in [2.45, 2.75) is 27.2 Å². The second-order valence-corrected chi connectivity index (χ2v) is 5.11. The second-order valence-electron chi connectivity index (χ2n) is 5.11. The molecule has 1 aromatic heterocycles. The molecule has 1 heterocycles. The fourth-order valence-corrected chi connectivity index (χ4v) is 1.56. The quantitative estimate of drug-likeness (QED) is 0.690. The number of hydrogen-bond acceptors (Lipinski definition) is 6. The average Bonchev–Trinajstić information content (AvgIpc) is 2.44. The minimum atomic E-state index is -0.573. The number of amides is 1. The van der Waals surface area contributed by atoms with Crippen LogP contribution in [0.1, 0.15) is 27.2 Å². The van der Waals surface area contributed by atoms with Crippen molar-refractivity contribution in [1.29, 1.82) is 0 Å². The number of nitrogens with zero attached hydrogens (tertiary/aromatic N) is 2. The first-order valence-electron chi connectivity index (χ1n) is 6.61. The lowest BCUT2D eigenvalue weighted by atomic mass is 9.92. The standard InChI is InChI=1S/C13H23N5O2/c1-5-6-20-11-9(14)10(17-8-18-11)16-7-13(2,3)12(19)15-4/h8H,5-7,14H2,1-4H3,(H,15,19)(H,16,17,18). The number of aromatic nitrogens is 2. The van der Waals surface area contributed by atoms with Crippen LogP contribution >= 0.6 is 0 Å². The fraction of sp³-hybridized carbons (Fsp3) is 0.615. The Morgan fingerprint density at radius 1 is 1.45 bits per heavy atom. The first kappa shape index (κ1) is 16.0. The first-order valence-corrected chi connectivity index (χ1v) is 6.61. The summed E-state index contributed by atoms with van der Waals surface area (Å²) in [5, 5.41) is 5.70. The Balaban J connectivity index is 2.76. The first-order chi connectivity index (χ1) is 9.42. The molecule has 0 saturated heterocycles. The highest BCUT2D eigenvalue weighted by Crippen LogP contribution is 2.26. The summed E-state index contributed by atoms with van der Waals surface area (Å²) in [6, 6.07) is 0. The molecule has 1 rings (SSSR count). The van der Waals surface area contributed by atoms with E-state index in [0.29, 0.717) is 30.5 Å². The van der Waals surface area contributed by atoms with Crippen LogP contribution in [-0.4, -0.2) is 36.1 Å². The smallest absolute Gasteiger partial charge is 0.242 e. The van der Waals surface area contributed by atoms with Crippen LogP contribution in [0.25, 0.3) is 0 Å². The predicted molar refractivity (Wildman–Crippen MR) is 78.6 cm³/mol. The SMILES string of the molecule is CCCOc1ncnc(NCC(C)(C)C(=O)NC)c1N. The number of nitrogen functional groups attached to an aromatic ring is 1. The van der Waals surface area contributed by atoms with Crippen molar-refractivity contribution in [2.24, 2.45) is 5.41 Å².